The van der Waals surface area contributed by atoms with E-state index in [1.165, 1.54) is 13.2 Å². The second-order valence-corrected chi connectivity index (χ2v) is 6.25. The minimum atomic E-state index is -1.11. The van der Waals surface area contributed by atoms with Gasteiger partial charge in [-0.05, 0) is 43.9 Å². The number of aliphatic carboxylic acids is 1. The Morgan fingerprint density at radius 3 is 2.71 bits per heavy atom. The normalized spacial score (nSPS) is 15.9. The Kier molecular flexibility index (Phi) is 6.87. The molecule has 0 aliphatic heterocycles. The highest BCUT2D eigenvalue weighted by atomic mass is 35.5. The van der Waals surface area contributed by atoms with E-state index in [0.29, 0.717) is 10.8 Å². The van der Waals surface area contributed by atoms with Crippen molar-refractivity contribution in [3.63, 3.8) is 0 Å². The third-order valence-electron chi connectivity index (χ3n) is 4.00. The van der Waals surface area contributed by atoms with E-state index >= 15 is 0 Å². The van der Waals surface area contributed by atoms with E-state index in [1.807, 2.05) is 0 Å². The summed E-state index contributed by atoms with van der Waals surface area (Å²) < 4.78 is 10.8. The van der Waals surface area contributed by atoms with Crippen LogP contribution in [0, 0.1) is 0 Å². The van der Waals surface area contributed by atoms with Crippen molar-refractivity contribution in [1.29, 1.82) is 0 Å². The smallest absolute Gasteiger partial charge is 0.326 e. The highest BCUT2D eigenvalue weighted by Crippen LogP contribution is 2.28. The van der Waals surface area contributed by atoms with Crippen LogP contribution in [0.4, 0.5) is 0 Å². The Labute approximate surface area is 146 Å². The predicted molar refractivity (Wildman–Crippen MR) is 89.7 cm³/mol. The summed E-state index contributed by atoms with van der Waals surface area (Å²) in [7, 11) is 1.48. The molecule has 1 aromatic rings. The molecule has 1 saturated carbocycles. The lowest BCUT2D eigenvalue weighted by Crippen LogP contribution is -2.41. The van der Waals surface area contributed by atoms with E-state index < -0.39 is 17.9 Å². The maximum absolute atomic E-state index is 12.5. The van der Waals surface area contributed by atoms with Gasteiger partial charge in [-0.3, -0.25) is 4.79 Å². The summed E-state index contributed by atoms with van der Waals surface area (Å²) in [5.74, 6) is -1.20. The molecule has 1 aliphatic rings. The van der Waals surface area contributed by atoms with E-state index in [2.05, 4.69) is 5.32 Å². The zero-order valence-electron chi connectivity index (χ0n) is 13.6. The monoisotopic (exact) mass is 355 g/mol. The molecule has 1 aromatic carbocycles. The summed E-state index contributed by atoms with van der Waals surface area (Å²) in [6.07, 6.45) is 4.39. The third-order valence-corrected chi connectivity index (χ3v) is 4.23. The van der Waals surface area contributed by atoms with Crippen molar-refractivity contribution in [2.24, 2.45) is 0 Å². The molecular formula is C17H22ClNO5. The third kappa shape index (κ3) is 5.11. The van der Waals surface area contributed by atoms with Gasteiger partial charge in [0.25, 0.3) is 5.91 Å². The number of carboxylic acids is 1. The van der Waals surface area contributed by atoms with Gasteiger partial charge in [0.05, 0.1) is 11.7 Å². The molecular weight excluding hydrogens is 334 g/mol. The second-order valence-electron chi connectivity index (χ2n) is 5.81. The molecule has 0 radical (unpaired) electrons. The predicted octanol–water partition coefficient (Wildman–Crippen LogP) is 2.88. The first-order chi connectivity index (χ1) is 11.5. The standard InChI is InChI=1S/C17H22ClNO5/c1-23-9-8-14(17(21)22)19-16(20)13-10-11(18)6-7-15(13)24-12-4-2-3-5-12/h6-7,10,12,14H,2-5,8-9H2,1H3,(H,19,20)(H,21,22). The number of carboxylic acid groups (broad SMARTS) is 1. The van der Waals surface area contributed by atoms with E-state index in [-0.39, 0.29) is 24.7 Å². The molecule has 1 atom stereocenters. The average molecular weight is 356 g/mol. The number of carbonyl (C=O) groups is 2. The first kappa shape index (κ1) is 18.5. The van der Waals surface area contributed by atoms with Crippen LogP contribution < -0.4 is 10.1 Å². The number of benzene rings is 1. The SMILES string of the molecule is COCCC(NC(=O)c1cc(Cl)ccc1OC1CCCC1)C(=O)O. The second kappa shape index (κ2) is 8.89. The van der Waals surface area contributed by atoms with Crippen LogP contribution in [0.2, 0.25) is 5.02 Å². The Morgan fingerprint density at radius 1 is 1.38 bits per heavy atom. The number of amides is 1. The van der Waals surface area contributed by atoms with Crippen LogP contribution in [-0.4, -0.2) is 42.8 Å². The summed E-state index contributed by atoms with van der Waals surface area (Å²) in [4.78, 5) is 23.8. The molecule has 6 nitrogen and oxygen atoms in total. The van der Waals surface area contributed by atoms with Gasteiger partial charge >= 0.3 is 5.97 Å². The van der Waals surface area contributed by atoms with Crippen LogP contribution >= 0.6 is 11.6 Å². The number of hydrogen-bond donors (Lipinski definition) is 2. The number of halogens is 1. The molecule has 2 rings (SSSR count). The summed E-state index contributed by atoms with van der Waals surface area (Å²) in [6, 6.07) is 3.77. The van der Waals surface area contributed by atoms with Gasteiger partial charge in [0, 0.05) is 25.2 Å². The molecule has 1 fully saturated rings. The molecule has 0 bridgehead atoms. The first-order valence-electron chi connectivity index (χ1n) is 8.00. The fourth-order valence-corrected chi connectivity index (χ4v) is 2.87. The van der Waals surface area contributed by atoms with Gasteiger partial charge in [0.1, 0.15) is 11.8 Å². The van der Waals surface area contributed by atoms with Crippen LogP contribution in [0.3, 0.4) is 0 Å². The largest absolute Gasteiger partial charge is 0.490 e. The van der Waals surface area contributed by atoms with Crippen molar-refractivity contribution in [3.8, 4) is 5.75 Å². The minimum absolute atomic E-state index is 0.0847. The van der Waals surface area contributed by atoms with E-state index in [9.17, 15) is 14.7 Å². The van der Waals surface area contributed by atoms with Gasteiger partial charge < -0.3 is 19.9 Å². The quantitative estimate of drug-likeness (QED) is 0.749. The molecule has 7 heteroatoms. The molecule has 1 unspecified atom stereocenters. The zero-order chi connectivity index (χ0) is 17.5. The van der Waals surface area contributed by atoms with Crippen molar-refractivity contribution < 1.29 is 24.2 Å². The van der Waals surface area contributed by atoms with Crippen molar-refractivity contribution in [2.75, 3.05) is 13.7 Å². The van der Waals surface area contributed by atoms with Gasteiger partial charge in [0.2, 0.25) is 0 Å². The maximum atomic E-state index is 12.5. The zero-order valence-corrected chi connectivity index (χ0v) is 14.3. The van der Waals surface area contributed by atoms with E-state index in [4.69, 9.17) is 21.1 Å². The number of rotatable bonds is 8. The number of ether oxygens (including phenoxy) is 2. The lowest BCUT2D eigenvalue weighted by Gasteiger charge is -2.18. The Morgan fingerprint density at radius 2 is 2.08 bits per heavy atom. The van der Waals surface area contributed by atoms with Gasteiger partial charge in [0.15, 0.2) is 0 Å². The van der Waals surface area contributed by atoms with Crippen molar-refractivity contribution >= 4 is 23.5 Å². The number of nitrogens with one attached hydrogen (secondary N) is 1. The highest BCUT2D eigenvalue weighted by Gasteiger charge is 2.24. The number of carbonyl (C=O) groups excluding carboxylic acids is 1. The summed E-state index contributed by atoms with van der Waals surface area (Å²) >= 11 is 5.99. The van der Waals surface area contributed by atoms with Crippen LogP contribution in [0.15, 0.2) is 18.2 Å². The average Bonchev–Trinajstić information content (AvgIpc) is 3.05. The Hall–Kier alpha value is -1.79. The van der Waals surface area contributed by atoms with Gasteiger partial charge in [-0.15, -0.1) is 0 Å². The van der Waals surface area contributed by atoms with Crippen molar-refractivity contribution in [2.45, 2.75) is 44.2 Å². The van der Waals surface area contributed by atoms with Crippen molar-refractivity contribution in [1.82, 2.24) is 5.32 Å². The Balaban J connectivity index is 2.14. The minimum Gasteiger partial charge on any atom is -0.490 e. The molecule has 0 saturated heterocycles. The summed E-state index contributed by atoms with van der Waals surface area (Å²) in [6.45, 7) is 0.234. The summed E-state index contributed by atoms with van der Waals surface area (Å²) in [5, 5.41) is 12.1. The Bertz CT molecular complexity index is 586. The fourth-order valence-electron chi connectivity index (χ4n) is 2.70. The van der Waals surface area contributed by atoms with Gasteiger partial charge in [-0.1, -0.05) is 11.6 Å². The van der Waals surface area contributed by atoms with Crippen LogP contribution in [0.25, 0.3) is 0 Å². The number of methoxy groups -OCH3 is 1. The fraction of sp³-hybridized carbons (Fsp3) is 0.529. The van der Waals surface area contributed by atoms with Crippen molar-refractivity contribution in [3.05, 3.63) is 28.8 Å². The lowest BCUT2D eigenvalue weighted by molar-refractivity contribution is -0.139. The van der Waals surface area contributed by atoms with Gasteiger partial charge in [-0.2, -0.15) is 0 Å². The molecule has 1 amide bonds. The first-order valence-corrected chi connectivity index (χ1v) is 8.38. The highest BCUT2D eigenvalue weighted by molar-refractivity contribution is 6.31. The van der Waals surface area contributed by atoms with Crippen LogP contribution in [0.5, 0.6) is 5.75 Å². The summed E-state index contributed by atoms with van der Waals surface area (Å²) in [5.41, 5.74) is 0.248. The lowest BCUT2D eigenvalue weighted by atomic mass is 10.1. The molecule has 1 aliphatic carbocycles. The van der Waals surface area contributed by atoms with Crippen LogP contribution in [-0.2, 0) is 9.53 Å². The topological polar surface area (TPSA) is 84.9 Å². The van der Waals surface area contributed by atoms with E-state index in [1.54, 1.807) is 12.1 Å². The molecule has 132 valence electrons. The van der Waals surface area contributed by atoms with E-state index in [0.717, 1.165) is 25.7 Å². The molecule has 24 heavy (non-hydrogen) atoms. The molecule has 2 N–H and O–H groups in total. The molecule has 0 aromatic heterocycles. The van der Waals surface area contributed by atoms with Crippen LogP contribution in [0.1, 0.15) is 42.5 Å². The number of hydrogen-bond acceptors (Lipinski definition) is 4. The molecule has 0 spiro atoms. The van der Waals surface area contributed by atoms with Gasteiger partial charge in [-0.25, -0.2) is 4.79 Å². The maximum Gasteiger partial charge on any atom is 0.326 e. The molecule has 0 heterocycles.